The minimum absolute atomic E-state index is 0.0359. The van der Waals surface area contributed by atoms with Crippen LogP contribution in [-0.4, -0.2) is 49.5 Å². The normalized spacial score (nSPS) is 46.4. The minimum atomic E-state index is -1.56. The van der Waals surface area contributed by atoms with Gasteiger partial charge in [0.25, 0.3) is 0 Å². The molecule has 0 aromatic heterocycles. The molecule has 6 heteroatoms. The van der Waals surface area contributed by atoms with E-state index in [1.54, 1.807) is 0 Å². The molecule has 5 nitrogen and oxygen atoms in total. The van der Waals surface area contributed by atoms with Gasteiger partial charge in [0.15, 0.2) is 6.29 Å². The van der Waals surface area contributed by atoms with E-state index in [1.807, 2.05) is 0 Å². The summed E-state index contributed by atoms with van der Waals surface area (Å²) < 4.78 is 23.2. The maximum absolute atomic E-state index is 13.3. The molecule has 0 aromatic rings. The molecular formula is C7H15FN2O3. The number of aliphatic hydroxyl groups excluding tert-OH is 1. The van der Waals surface area contributed by atoms with E-state index >= 15 is 0 Å². The van der Waals surface area contributed by atoms with Crippen LogP contribution in [0.15, 0.2) is 0 Å². The summed E-state index contributed by atoms with van der Waals surface area (Å²) in [5, 5.41) is 9.31. The van der Waals surface area contributed by atoms with Crippen molar-refractivity contribution in [3.05, 3.63) is 0 Å². The van der Waals surface area contributed by atoms with Gasteiger partial charge in [0.1, 0.15) is 18.4 Å². The van der Waals surface area contributed by atoms with Crippen molar-refractivity contribution in [2.24, 2.45) is 11.5 Å². The lowest BCUT2D eigenvalue weighted by atomic mass is 9.99. The van der Waals surface area contributed by atoms with Gasteiger partial charge in [-0.2, -0.15) is 0 Å². The Kier molecular flexibility index (Phi) is 3.57. The Morgan fingerprint density at radius 2 is 2.23 bits per heavy atom. The topological polar surface area (TPSA) is 90.7 Å². The van der Waals surface area contributed by atoms with Crippen LogP contribution < -0.4 is 11.5 Å². The number of nitrogens with two attached hydrogens (primary N) is 2. The van der Waals surface area contributed by atoms with Crippen LogP contribution in [-0.2, 0) is 9.47 Å². The van der Waals surface area contributed by atoms with E-state index in [9.17, 15) is 9.50 Å². The molecule has 3 unspecified atom stereocenters. The number of rotatable bonds is 2. The van der Waals surface area contributed by atoms with Crippen LogP contribution in [0.25, 0.3) is 0 Å². The van der Waals surface area contributed by atoms with E-state index in [-0.39, 0.29) is 6.54 Å². The second kappa shape index (κ2) is 4.30. The van der Waals surface area contributed by atoms with Crippen LogP contribution in [0.4, 0.5) is 4.39 Å². The van der Waals surface area contributed by atoms with Crippen molar-refractivity contribution in [3.63, 3.8) is 0 Å². The molecule has 5 atom stereocenters. The number of ether oxygens (including phenoxy) is 2. The van der Waals surface area contributed by atoms with E-state index in [2.05, 4.69) is 0 Å². The van der Waals surface area contributed by atoms with Crippen LogP contribution in [0.2, 0.25) is 0 Å². The van der Waals surface area contributed by atoms with Crippen LogP contribution in [0, 0.1) is 0 Å². The van der Waals surface area contributed by atoms with Crippen molar-refractivity contribution in [2.75, 3.05) is 13.7 Å². The Morgan fingerprint density at radius 3 is 2.69 bits per heavy atom. The molecule has 78 valence electrons. The lowest BCUT2D eigenvalue weighted by Gasteiger charge is -2.38. The predicted octanol–water partition coefficient (Wildman–Crippen LogP) is -1.66. The third kappa shape index (κ3) is 1.97. The van der Waals surface area contributed by atoms with Crippen LogP contribution in [0.5, 0.6) is 0 Å². The molecule has 1 saturated heterocycles. The number of hydrogen-bond donors (Lipinski definition) is 3. The molecule has 0 bridgehead atoms. The average molecular weight is 194 g/mol. The predicted molar refractivity (Wildman–Crippen MR) is 43.6 cm³/mol. The first kappa shape index (κ1) is 10.8. The molecule has 1 rings (SSSR count). The number of methoxy groups -OCH3 is 1. The molecule has 0 amide bonds. The minimum Gasteiger partial charge on any atom is -0.387 e. The smallest absolute Gasteiger partial charge is 0.175 e. The molecule has 1 aliphatic heterocycles. The van der Waals surface area contributed by atoms with Crippen molar-refractivity contribution in [3.8, 4) is 0 Å². The monoisotopic (exact) mass is 194 g/mol. The van der Waals surface area contributed by atoms with Gasteiger partial charge >= 0.3 is 0 Å². The van der Waals surface area contributed by atoms with E-state index in [0.29, 0.717) is 0 Å². The fraction of sp³-hybridized carbons (Fsp3) is 1.00. The SMILES string of the molecule is CO[C@H]1OC(CN)C(O)C(F)[C@H]1N. The number of halogens is 1. The third-order valence-electron chi connectivity index (χ3n) is 2.16. The maximum atomic E-state index is 13.3. The Morgan fingerprint density at radius 1 is 1.62 bits per heavy atom. The number of alkyl halides is 1. The van der Waals surface area contributed by atoms with E-state index < -0.39 is 30.7 Å². The maximum Gasteiger partial charge on any atom is 0.175 e. The fourth-order valence-corrected chi connectivity index (χ4v) is 1.33. The van der Waals surface area contributed by atoms with Gasteiger partial charge in [-0.1, -0.05) is 0 Å². The lowest BCUT2D eigenvalue weighted by molar-refractivity contribution is -0.237. The van der Waals surface area contributed by atoms with Gasteiger partial charge in [-0.15, -0.1) is 0 Å². The summed E-state index contributed by atoms with van der Waals surface area (Å²) in [4.78, 5) is 0. The van der Waals surface area contributed by atoms with Crippen molar-refractivity contribution in [1.29, 1.82) is 0 Å². The van der Waals surface area contributed by atoms with Gasteiger partial charge in [-0.25, -0.2) is 4.39 Å². The summed E-state index contributed by atoms with van der Waals surface area (Å²) in [6, 6.07) is -0.970. The zero-order chi connectivity index (χ0) is 10.0. The quantitative estimate of drug-likeness (QED) is 0.489. The summed E-state index contributed by atoms with van der Waals surface area (Å²) in [6.45, 7) is 0.0359. The second-order valence-electron chi connectivity index (χ2n) is 3.03. The molecule has 0 spiro atoms. The average Bonchev–Trinajstić information content (AvgIpc) is 2.15. The fourth-order valence-electron chi connectivity index (χ4n) is 1.33. The van der Waals surface area contributed by atoms with Crippen molar-refractivity contribution < 1.29 is 19.0 Å². The molecule has 0 aromatic carbocycles. The first-order chi connectivity index (χ1) is 6.11. The molecule has 1 fully saturated rings. The summed E-state index contributed by atoms with van der Waals surface area (Å²) in [5.74, 6) is 0. The van der Waals surface area contributed by atoms with Crippen LogP contribution >= 0.6 is 0 Å². The van der Waals surface area contributed by atoms with Gasteiger partial charge in [0.05, 0.1) is 6.04 Å². The zero-order valence-corrected chi connectivity index (χ0v) is 7.39. The molecule has 1 heterocycles. The Balaban J connectivity index is 2.66. The second-order valence-corrected chi connectivity index (χ2v) is 3.03. The highest BCUT2D eigenvalue weighted by Crippen LogP contribution is 2.21. The van der Waals surface area contributed by atoms with Crippen molar-refractivity contribution in [1.82, 2.24) is 0 Å². The highest BCUT2D eigenvalue weighted by Gasteiger charge is 2.43. The highest BCUT2D eigenvalue weighted by atomic mass is 19.1. The van der Waals surface area contributed by atoms with Crippen molar-refractivity contribution in [2.45, 2.75) is 30.7 Å². The summed E-state index contributed by atoms with van der Waals surface area (Å²) in [5.41, 5.74) is 10.7. The van der Waals surface area contributed by atoms with Gasteiger partial charge in [0.2, 0.25) is 0 Å². The van der Waals surface area contributed by atoms with E-state index in [4.69, 9.17) is 20.9 Å². The molecule has 5 N–H and O–H groups in total. The van der Waals surface area contributed by atoms with E-state index in [0.717, 1.165) is 0 Å². The van der Waals surface area contributed by atoms with Gasteiger partial charge < -0.3 is 26.0 Å². The third-order valence-corrected chi connectivity index (χ3v) is 2.16. The lowest BCUT2D eigenvalue weighted by Crippen LogP contribution is -2.61. The molecule has 0 saturated carbocycles. The molecule has 0 radical (unpaired) electrons. The first-order valence-corrected chi connectivity index (χ1v) is 4.07. The van der Waals surface area contributed by atoms with Gasteiger partial charge in [-0.05, 0) is 0 Å². The first-order valence-electron chi connectivity index (χ1n) is 4.07. The molecular weight excluding hydrogens is 179 g/mol. The Bertz CT molecular complexity index is 152. The van der Waals surface area contributed by atoms with Crippen LogP contribution in [0.3, 0.4) is 0 Å². The van der Waals surface area contributed by atoms with Crippen molar-refractivity contribution >= 4 is 0 Å². The molecule has 1 aliphatic rings. The molecule has 0 aliphatic carbocycles. The largest absolute Gasteiger partial charge is 0.387 e. The van der Waals surface area contributed by atoms with Gasteiger partial charge in [-0.3, -0.25) is 0 Å². The number of aliphatic hydroxyl groups is 1. The summed E-state index contributed by atoms with van der Waals surface area (Å²) in [6.07, 6.45) is -4.43. The van der Waals surface area contributed by atoms with Gasteiger partial charge in [0, 0.05) is 13.7 Å². The number of hydrogen-bond acceptors (Lipinski definition) is 5. The summed E-state index contributed by atoms with van der Waals surface area (Å²) >= 11 is 0. The highest BCUT2D eigenvalue weighted by molar-refractivity contribution is 4.92. The standard InChI is InChI=1S/C7H15FN2O3/c1-12-7-5(10)4(8)6(11)3(2-9)13-7/h3-7,11H,2,9-10H2,1H3/t3?,4?,5-,6?,7+/m1/s1. The zero-order valence-electron chi connectivity index (χ0n) is 7.39. The van der Waals surface area contributed by atoms with E-state index in [1.165, 1.54) is 7.11 Å². The van der Waals surface area contributed by atoms with Crippen LogP contribution in [0.1, 0.15) is 0 Å². The summed E-state index contributed by atoms with van der Waals surface area (Å²) in [7, 11) is 1.36. The molecule has 13 heavy (non-hydrogen) atoms. The Hall–Kier alpha value is -0.270. The Labute approximate surface area is 75.8 Å².